The molecule has 0 spiro atoms. The minimum Gasteiger partial charge on any atom is -0.353 e. The Labute approximate surface area is 70.5 Å². The maximum Gasteiger partial charge on any atom is 0.233 e. The van der Waals surface area contributed by atoms with Gasteiger partial charge in [0.25, 0.3) is 0 Å². The van der Waals surface area contributed by atoms with E-state index in [-0.39, 0.29) is 16.8 Å². The zero-order valence-corrected chi connectivity index (χ0v) is 8.23. The molecule has 0 rings (SSSR count). The summed E-state index contributed by atoms with van der Waals surface area (Å²) in [6, 6.07) is 0.235. The van der Waals surface area contributed by atoms with Crippen molar-refractivity contribution in [1.82, 2.24) is 5.32 Å². The largest absolute Gasteiger partial charge is 0.353 e. The first-order valence-electron chi connectivity index (χ1n) is 3.52. The summed E-state index contributed by atoms with van der Waals surface area (Å²) in [6.07, 6.45) is 0.832. The SMILES string of the molecule is CC[C@H](Br)C(=O)NC(C)C. The molecule has 3 heteroatoms. The minimum atomic E-state index is -0.0325. The summed E-state index contributed by atoms with van der Waals surface area (Å²) in [5.41, 5.74) is 0. The molecule has 0 heterocycles. The lowest BCUT2D eigenvalue weighted by molar-refractivity contribution is -0.120. The highest BCUT2D eigenvalue weighted by molar-refractivity contribution is 9.10. The number of nitrogens with one attached hydrogen (secondary N) is 1. The molecule has 10 heavy (non-hydrogen) atoms. The van der Waals surface area contributed by atoms with Crippen molar-refractivity contribution in [2.75, 3.05) is 0 Å². The van der Waals surface area contributed by atoms with Gasteiger partial charge >= 0.3 is 0 Å². The summed E-state index contributed by atoms with van der Waals surface area (Å²) in [5.74, 6) is 0.0810. The molecule has 60 valence electrons. The first kappa shape index (κ1) is 9.95. The van der Waals surface area contributed by atoms with Crippen LogP contribution in [0.2, 0.25) is 0 Å². The highest BCUT2D eigenvalue weighted by atomic mass is 79.9. The van der Waals surface area contributed by atoms with E-state index in [0.717, 1.165) is 6.42 Å². The van der Waals surface area contributed by atoms with Crippen LogP contribution in [0.1, 0.15) is 27.2 Å². The molecule has 0 unspecified atom stereocenters. The van der Waals surface area contributed by atoms with Crippen LogP contribution in [0.15, 0.2) is 0 Å². The molecular formula is C7H14BrNO. The average Bonchev–Trinajstić information content (AvgIpc) is 1.85. The zero-order valence-electron chi connectivity index (χ0n) is 6.65. The molecule has 1 amide bonds. The molecule has 1 atom stereocenters. The fourth-order valence-electron chi connectivity index (χ4n) is 0.560. The first-order chi connectivity index (χ1) is 4.57. The van der Waals surface area contributed by atoms with Gasteiger partial charge in [-0.3, -0.25) is 4.79 Å². The third-order valence-electron chi connectivity index (χ3n) is 1.07. The second-order valence-electron chi connectivity index (χ2n) is 2.54. The fraction of sp³-hybridized carbons (Fsp3) is 0.857. The van der Waals surface area contributed by atoms with Crippen LogP contribution in [0.3, 0.4) is 0 Å². The lowest BCUT2D eigenvalue weighted by atomic mass is 10.3. The molecule has 0 bridgehead atoms. The van der Waals surface area contributed by atoms with Crippen molar-refractivity contribution in [3.8, 4) is 0 Å². The van der Waals surface area contributed by atoms with Gasteiger partial charge in [0.1, 0.15) is 0 Å². The predicted molar refractivity (Wildman–Crippen MR) is 46.3 cm³/mol. The second kappa shape index (κ2) is 4.72. The Hall–Kier alpha value is -0.0500. The highest BCUT2D eigenvalue weighted by Gasteiger charge is 2.11. The van der Waals surface area contributed by atoms with E-state index < -0.39 is 0 Å². The third kappa shape index (κ3) is 3.88. The van der Waals surface area contributed by atoms with Crippen LogP contribution in [0, 0.1) is 0 Å². The molecule has 0 aliphatic rings. The Morgan fingerprint density at radius 1 is 1.60 bits per heavy atom. The van der Waals surface area contributed by atoms with Crippen LogP contribution in [0.25, 0.3) is 0 Å². The van der Waals surface area contributed by atoms with Crippen LogP contribution >= 0.6 is 15.9 Å². The van der Waals surface area contributed by atoms with E-state index in [4.69, 9.17) is 0 Å². The van der Waals surface area contributed by atoms with E-state index in [1.54, 1.807) is 0 Å². The Kier molecular flexibility index (Phi) is 4.69. The second-order valence-corrected chi connectivity index (χ2v) is 3.64. The number of rotatable bonds is 3. The molecule has 2 nitrogen and oxygen atoms in total. The van der Waals surface area contributed by atoms with Crippen molar-refractivity contribution in [1.29, 1.82) is 0 Å². The Bertz CT molecular complexity index is 114. The summed E-state index contributed by atoms with van der Waals surface area (Å²) in [5, 5.41) is 2.81. The summed E-state index contributed by atoms with van der Waals surface area (Å²) in [6.45, 7) is 5.87. The predicted octanol–water partition coefficient (Wildman–Crippen LogP) is 1.68. The van der Waals surface area contributed by atoms with Crippen LogP contribution in [0.4, 0.5) is 0 Å². The lowest BCUT2D eigenvalue weighted by Gasteiger charge is -2.10. The normalized spacial score (nSPS) is 13.3. The molecule has 0 saturated heterocycles. The van der Waals surface area contributed by atoms with Gasteiger partial charge in [-0.15, -0.1) is 0 Å². The van der Waals surface area contributed by atoms with Gasteiger partial charge in [0.2, 0.25) is 5.91 Å². The molecule has 0 saturated carbocycles. The zero-order chi connectivity index (χ0) is 8.15. The van der Waals surface area contributed by atoms with E-state index in [1.807, 2.05) is 20.8 Å². The Balaban J connectivity index is 3.62. The van der Waals surface area contributed by atoms with E-state index in [2.05, 4.69) is 21.2 Å². The van der Waals surface area contributed by atoms with Gasteiger partial charge < -0.3 is 5.32 Å². The summed E-state index contributed by atoms with van der Waals surface area (Å²) >= 11 is 3.26. The topological polar surface area (TPSA) is 29.1 Å². The molecule has 1 N–H and O–H groups in total. The Morgan fingerprint density at radius 2 is 2.10 bits per heavy atom. The van der Waals surface area contributed by atoms with E-state index in [1.165, 1.54) is 0 Å². The molecule has 0 aromatic heterocycles. The molecular weight excluding hydrogens is 194 g/mol. The quantitative estimate of drug-likeness (QED) is 0.702. The molecule has 0 aromatic carbocycles. The van der Waals surface area contributed by atoms with E-state index in [0.29, 0.717) is 0 Å². The van der Waals surface area contributed by atoms with Crippen LogP contribution < -0.4 is 5.32 Å². The highest BCUT2D eigenvalue weighted by Crippen LogP contribution is 2.03. The van der Waals surface area contributed by atoms with Gasteiger partial charge in [-0.05, 0) is 20.3 Å². The number of halogens is 1. The first-order valence-corrected chi connectivity index (χ1v) is 4.44. The van der Waals surface area contributed by atoms with Gasteiger partial charge in [0, 0.05) is 6.04 Å². The number of carbonyl (C=O) groups excluding carboxylic acids is 1. The number of carbonyl (C=O) groups is 1. The van der Waals surface area contributed by atoms with Crippen LogP contribution in [0.5, 0.6) is 0 Å². The van der Waals surface area contributed by atoms with Gasteiger partial charge in [-0.1, -0.05) is 22.9 Å². The molecule has 0 aliphatic heterocycles. The number of alkyl halides is 1. The van der Waals surface area contributed by atoms with Gasteiger partial charge in [-0.25, -0.2) is 0 Å². The number of hydrogen-bond donors (Lipinski definition) is 1. The lowest BCUT2D eigenvalue weighted by Crippen LogP contribution is -2.35. The van der Waals surface area contributed by atoms with E-state index >= 15 is 0 Å². The van der Waals surface area contributed by atoms with Crippen molar-refractivity contribution < 1.29 is 4.79 Å². The van der Waals surface area contributed by atoms with Gasteiger partial charge in [-0.2, -0.15) is 0 Å². The molecule has 0 aliphatic carbocycles. The van der Waals surface area contributed by atoms with Crippen LogP contribution in [-0.4, -0.2) is 16.8 Å². The standard InChI is InChI=1S/C7H14BrNO/c1-4-6(8)7(10)9-5(2)3/h5-6H,4H2,1-3H3,(H,9,10)/t6-/m0/s1. The minimum absolute atomic E-state index is 0.0325. The number of amides is 1. The average molecular weight is 208 g/mol. The third-order valence-corrected chi connectivity index (χ3v) is 2.14. The van der Waals surface area contributed by atoms with Gasteiger partial charge in [0.05, 0.1) is 4.83 Å². The number of hydrogen-bond acceptors (Lipinski definition) is 1. The monoisotopic (exact) mass is 207 g/mol. The van der Waals surface area contributed by atoms with Crippen molar-refractivity contribution in [2.45, 2.75) is 38.1 Å². The van der Waals surface area contributed by atoms with Crippen molar-refractivity contribution in [3.63, 3.8) is 0 Å². The van der Waals surface area contributed by atoms with Crippen molar-refractivity contribution in [3.05, 3.63) is 0 Å². The fourth-order valence-corrected chi connectivity index (χ4v) is 0.693. The molecule has 0 fully saturated rings. The molecule has 0 aromatic rings. The maximum atomic E-state index is 11.0. The smallest absolute Gasteiger partial charge is 0.233 e. The van der Waals surface area contributed by atoms with E-state index in [9.17, 15) is 4.79 Å². The van der Waals surface area contributed by atoms with Gasteiger partial charge in [0.15, 0.2) is 0 Å². The van der Waals surface area contributed by atoms with Crippen molar-refractivity contribution in [2.24, 2.45) is 0 Å². The summed E-state index contributed by atoms with van der Waals surface area (Å²) in [7, 11) is 0. The Morgan fingerprint density at radius 3 is 2.40 bits per heavy atom. The van der Waals surface area contributed by atoms with Crippen molar-refractivity contribution >= 4 is 21.8 Å². The molecule has 0 radical (unpaired) electrons. The summed E-state index contributed by atoms with van der Waals surface area (Å²) in [4.78, 5) is 11.0. The summed E-state index contributed by atoms with van der Waals surface area (Å²) < 4.78 is 0. The van der Waals surface area contributed by atoms with Crippen LogP contribution in [-0.2, 0) is 4.79 Å². The maximum absolute atomic E-state index is 11.0.